The zero-order valence-electron chi connectivity index (χ0n) is 7.93. The molecule has 0 heterocycles. The Morgan fingerprint density at radius 2 is 2.07 bits per heavy atom. The maximum atomic E-state index is 11.0. The average Bonchev–Trinajstić information content (AvgIpc) is 2.09. The SMILES string of the molecule is CCCOP(=O)(O)OCCNC(N)=O. The van der Waals surface area contributed by atoms with Crippen molar-refractivity contribution in [2.45, 2.75) is 13.3 Å². The van der Waals surface area contributed by atoms with Crippen LogP contribution in [0.3, 0.4) is 0 Å². The van der Waals surface area contributed by atoms with Gasteiger partial charge in [-0.3, -0.25) is 9.05 Å². The van der Waals surface area contributed by atoms with Crippen LogP contribution in [0.15, 0.2) is 0 Å². The van der Waals surface area contributed by atoms with E-state index >= 15 is 0 Å². The maximum Gasteiger partial charge on any atom is 0.472 e. The van der Waals surface area contributed by atoms with Gasteiger partial charge >= 0.3 is 13.9 Å². The van der Waals surface area contributed by atoms with E-state index in [4.69, 9.17) is 10.6 Å². The fourth-order valence-electron chi connectivity index (χ4n) is 0.579. The number of urea groups is 1. The lowest BCUT2D eigenvalue weighted by atomic mass is 10.5. The maximum absolute atomic E-state index is 11.0. The lowest BCUT2D eigenvalue weighted by molar-refractivity contribution is 0.150. The number of rotatable bonds is 7. The zero-order chi connectivity index (χ0) is 11.0. The van der Waals surface area contributed by atoms with Gasteiger partial charge in [-0.15, -0.1) is 0 Å². The summed E-state index contributed by atoms with van der Waals surface area (Å²) >= 11 is 0. The third kappa shape index (κ3) is 8.00. The molecule has 2 amide bonds. The fraction of sp³-hybridized carbons (Fsp3) is 0.833. The first-order chi connectivity index (χ1) is 6.48. The number of phosphoric acid groups is 1. The van der Waals surface area contributed by atoms with Crippen LogP contribution in [0, 0.1) is 0 Å². The standard InChI is InChI=1S/C6H15N2O5P/c1-2-4-12-14(10,11)13-5-3-8-6(7)9/h2-5H2,1H3,(H,10,11)(H3,7,8,9). The van der Waals surface area contributed by atoms with Crippen molar-refractivity contribution < 1.29 is 23.3 Å². The summed E-state index contributed by atoms with van der Waals surface area (Å²) in [5, 5.41) is 2.20. The van der Waals surface area contributed by atoms with E-state index in [1.54, 1.807) is 6.92 Å². The van der Waals surface area contributed by atoms with Gasteiger partial charge in [-0.2, -0.15) is 0 Å². The highest BCUT2D eigenvalue weighted by Gasteiger charge is 2.19. The highest BCUT2D eigenvalue weighted by molar-refractivity contribution is 7.47. The minimum Gasteiger partial charge on any atom is -0.352 e. The summed E-state index contributed by atoms with van der Waals surface area (Å²) in [4.78, 5) is 19.2. The second-order valence-corrected chi connectivity index (χ2v) is 3.88. The van der Waals surface area contributed by atoms with Crippen molar-refractivity contribution in [2.75, 3.05) is 19.8 Å². The lowest BCUT2D eigenvalue weighted by Crippen LogP contribution is -2.31. The average molecular weight is 226 g/mol. The van der Waals surface area contributed by atoms with E-state index in [-0.39, 0.29) is 19.8 Å². The van der Waals surface area contributed by atoms with E-state index in [0.29, 0.717) is 6.42 Å². The Bertz CT molecular complexity index is 222. The molecule has 0 bridgehead atoms. The normalized spacial score (nSPS) is 14.7. The second-order valence-electron chi connectivity index (χ2n) is 2.43. The van der Waals surface area contributed by atoms with E-state index < -0.39 is 13.9 Å². The van der Waals surface area contributed by atoms with Crippen LogP contribution in [-0.2, 0) is 13.6 Å². The van der Waals surface area contributed by atoms with Gasteiger partial charge in [0.1, 0.15) is 0 Å². The van der Waals surface area contributed by atoms with Crippen molar-refractivity contribution in [3.63, 3.8) is 0 Å². The number of hydrogen-bond donors (Lipinski definition) is 3. The monoisotopic (exact) mass is 226 g/mol. The summed E-state index contributed by atoms with van der Waals surface area (Å²) < 4.78 is 20.0. The fourth-order valence-corrected chi connectivity index (χ4v) is 1.39. The van der Waals surface area contributed by atoms with Crippen LogP contribution in [0.5, 0.6) is 0 Å². The molecule has 0 aliphatic carbocycles. The van der Waals surface area contributed by atoms with Crippen LogP contribution in [0.1, 0.15) is 13.3 Å². The minimum atomic E-state index is -3.96. The second kappa shape index (κ2) is 6.78. The van der Waals surface area contributed by atoms with Crippen molar-refractivity contribution in [2.24, 2.45) is 5.73 Å². The van der Waals surface area contributed by atoms with Gasteiger partial charge in [0.25, 0.3) is 0 Å². The lowest BCUT2D eigenvalue weighted by Gasteiger charge is -2.11. The Morgan fingerprint density at radius 1 is 1.50 bits per heavy atom. The molecular formula is C6H15N2O5P. The molecule has 0 aromatic carbocycles. The number of primary amides is 1. The Balaban J connectivity index is 3.55. The van der Waals surface area contributed by atoms with E-state index in [9.17, 15) is 9.36 Å². The van der Waals surface area contributed by atoms with Crippen molar-refractivity contribution >= 4 is 13.9 Å². The highest BCUT2D eigenvalue weighted by Crippen LogP contribution is 2.42. The van der Waals surface area contributed by atoms with Gasteiger partial charge in [0.05, 0.1) is 13.2 Å². The third-order valence-electron chi connectivity index (χ3n) is 1.11. The Hall–Kier alpha value is -0.620. The van der Waals surface area contributed by atoms with Gasteiger partial charge < -0.3 is 15.9 Å². The number of nitrogens with one attached hydrogen (secondary N) is 1. The van der Waals surface area contributed by atoms with Crippen LogP contribution < -0.4 is 11.1 Å². The van der Waals surface area contributed by atoms with E-state index in [0.717, 1.165) is 0 Å². The van der Waals surface area contributed by atoms with E-state index in [1.807, 2.05) is 0 Å². The summed E-state index contributed by atoms with van der Waals surface area (Å²) in [7, 11) is -3.96. The summed E-state index contributed by atoms with van der Waals surface area (Å²) in [6, 6.07) is -0.712. The Labute approximate surface area is 82.2 Å². The molecule has 14 heavy (non-hydrogen) atoms. The van der Waals surface area contributed by atoms with Crippen molar-refractivity contribution in [3.8, 4) is 0 Å². The van der Waals surface area contributed by atoms with Gasteiger partial charge in [-0.25, -0.2) is 9.36 Å². The molecular weight excluding hydrogens is 211 g/mol. The van der Waals surface area contributed by atoms with Gasteiger partial charge in [0.2, 0.25) is 0 Å². The number of carbonyl (C=O) groups excluding carboxylic acids is 1. The Morgan fingerprint density at radius 3 is 2.57 bits per heavy atom. The first-order valence-corrected chi connectivity index (χ1v) is 5.62. The molecule has 0 radical (unpaired) electrons. The molecule has 7 nitrogen and oxygen atoms in total. The van der Waals surface area contributed by atoms with Crippen LogP contribution in [0.4, 0.5) is 4.79 Å². The quantitative estimate of drug-likeness (QED) is 0.424. The molecule has 0 aromatic rings. The van der Waals surface area contributed by atoms with Gasteiger partial charge in [-0.1, -0.05) is 6.92 Å². The topological polar surface area (TPSA) is 111 Å². The highest BCUT2D eigenvalue weighted by atomic mass is 31.2. The van der Waals surface area contributed by atoms with Gasteiger partial charge in [0.15, 0.2) is 0 Å². The summed E-state index contributed by atoms with van der Waals surface area (Å²) in [5.74, 6) is 0. The van der Waals surface area contributed by atoms with Crippen LogP contribution in [0.2, 0.25) is 0 Å². The molecule has 0 aliphatic rings. The predicted molar refractivity (Wildman–Crippen MR) is 49.6 cm³/mol. The number of nitrogens with two attached hydrogens (primary N) is 1. The summed E-state index contributed by atoms with van der Waals surface area (Å²) in [6.45, 7) is 1.89. The number of carbonyl (C=O) groups is 1. The van der Waals surface area contributed by atoms with Crippen LogP contribution >= 0.6 is 7.82 Å². The molecule has 0 aliphatic heterocycles. The number of phosphoric ester groups is 1. The van der Waals surface area contributed by atoms with Crippen LogP contribution in [0.25, 0.3) is 0 Å². The first kappa shape index (κ1) is 13.4. The molecule has 84 valence electrons. The molecule has 1 atom stereocenters. The van der Waals surface area contributed by atoms with E-state index in [2.05, 4.69) is 14.4 Å². The van der Waals surface area contributed by atoms with Crippen molar-refractivity contribution in [3.05, 3.63) is 0 Å². The van der Waals surface area contributed by atoms with Crippen molar-refractivity contribution in [1.29, 1.82) is 0 Å². The zero-order valence-corrected chi connectivity index (χ0v) is 8.83. The largest absolute Gasteiger partial charge is 0.472 e. The molecule has 0 saturated carbocycles. The third-order valence-corrected chi connectivity index (χ3v) is 2.13. The number of hydrogen-bond acceptors (Lipinski definition) is 4. The summed E-state index contributed by atoms with van der Waals surface area (Å²) in [6.07, 6.45) is 0.618. The van der Waals surface area contributed by atoms with Gasteiger partial charge in [0, 0.05) is 6.54 Å². The molecule has 8 heteroatoms. The van der Waals surface area contributed by atoms with Gasteiger partial charge in [-0.05, 0) is 6.42 Å². The predicted octanol–water partition coefficient (Wildman–Crippen LogP) is 0.198. The molecule has 0 saturated heterocycles. The molecule has 0 fully saturated rings. The minimum absolute atomic E-state index is 0.0648. The molecule has 0 aromatic heterocycles. The molecule has 4 N–H and O–H groups in total. The Kier molecular flexibility index (Phi) is 6.48. The van der Waals surface area contributed by atoms with Crippen molar-refractivity contribution in [1.82, 2.24) is 5.32 Å². The smallest absolute Gasteiger partial charge is 0.352 e. The molecule has 0 rings (SSSR count). The van der Waals surface area contributed by atoms with Crippen LogP contribution in [-0.4, -0.2) is 30.7 Å². The molecule has 1 unspecified atom stereocenters. The first-order valence-electron chi connectivity index (χ1n) is 4.13. The molecule has 0 spiro atoms. The van der Waals surface area contributed by atoms with E-state index in [1.165, 1.54) is 0 Å². The number of amides is 2. The summed E-state index contributed by atoms with van der Waals surface area (Å²) in [5.41, 5.74) is 4.75.